The van der Waals surface area contributed by atoms with Crippen LogP contribution in [0.5, 0.6) is 0 Å². The normalized spacial score (nSPS) is 25.6. The molecule has 0 radical (unpaired) electrons. The fourth-order valence-corrected chi connectivity index (χ4v) is 3.79. The Morgan fingerprint density at radius 1 is 1.23 bits per heavy atom. The SMILES string of the molecule is Cc1cc(/C=C/C(=O)N[C@H]2CCCC[C@H]2C)c(C)n1C1CC1. The number of nitrogens with one attached hydrogen (secondary N) is 1. The Kier molecular flexibility index (Phi) is 4.42. The van der Waals surface area contributed by atoms with E-state index in [4.69, 9.17) is 0 Å². The molecule has 0 saturated heterocycles. The Hall–Kier alpha value is -1.51. The second kappa shape index (κ2) is 6.31. The van der Waals surface area contributed by atoms with Crippen molar-refractivity contribution in [3.8, 4) is 0 Å². The summed E-state index contributed by atoms with van der Waals surface area (Å²) in [6.45, 7) is 6.57. The number of hydrogen-bond acceptors (Lipinski definition) is 1. The van der Waals surface area contributed by atoms with Gasteiger partial charge in [-0.2, -0.15) is 0 Å². The molecule has 2 aliphatic carbocycles. The van der Waals surface area contributed by atoms with Gasteiger partial charge in [0, 0.05) is 29.5 Å². The van der Waals surface area contributed by atoms with Gasteiger partial charge in [-0.25, -0.2) is 0 Å². The fourth-order valence-electron chi connectivity index (χ4n) is 3.79. The number of hydrogen-bond donors (Lipinski definition) is 1. The third-order valence-electron chi connectivity index (χ3n) is 5.29. The third kappa shape index (κ3) is 3.29. The summed E-state index contributed by atoms with van der Waals surface area (Å²) in [6, 6.07) is 3.24. The van der Waals surface area contributed by atoms with Gasteiger partial charge in [0.1, 0.15) is 0 Å². The molecule has 22 heavy (non-hydrogen) atoms. The second-order valence-electron chi connectivity index (χ2n) is 7.14. The maximum Gasteiger partial charge on any atom is 0.244 e. The van der Waals surface area contributed by atoms with Gasteiger partial charge in [0.05, 0.1) is 0 Å². The van der Waals surface area contributed by atoms with Gasteiger partial charge in [-0.05, 0) is 63.2 Å². The van der Waals surface area contributed by atoms with E-state index in [1.165, 1.54) is 49.1 Å². The van der Waals surface area contributed by atoms with Crippen molar-refractivity contribution in [1.29, 1.82) is 0 Å². The molecule has 1 N–H and O–H groups in total. The highest BCUT2D eigenvalue weighted by molar-refractivity contribution is 5.92. The number of aromatic nitrogens is 1. The first-order chi connectivity index (χ1) is 10.6. The van der Waals surface area contributed by atoms with E-state index in [2.05, 4.69) is 36.7 Å². The molecular formula is C19H28N2O. The zero-order chi connectivity index (χ0) is 15.7. The molecule has 3 rings (SSSR count). The van der Waals surface area contributed by atoms with Gasteiger partial charge in [0.2, 0.25) is 5.91 Å². The summed E-state index contributed by atoms with van der Waals surface area (Å²) in [5, 5.41) is 3.18. The van der Waals surface area contributed by atoms with Crippen LogP contribution >= 0.6 is 0 Å². The molecule has 3 nitrogen and oxygen atoms in total. The van der Waals surface area contributed by atoms with Crippen LogP contribution in [0.15, 0.2) is 12.1 Å². The van der Waals surface area contributed by atoms with Crippen LogP contribution in [0.3, 0.4) is 0 Å². The number of carbonyl (C=O) groups is 1. The predicted octanol–water partition coefficient (Wildman–Crippen LogP) is 4.15. The molecule has 1 aromatic heterocycles. The standard InChI is InChI=1S/C19H28N2O/c1-13-6-4-5-7-18(13)20-19(22)11-8-16-12-14(2)21(15(16)3)17-9-10-17/h8,11-13,17-18H,4-7,9-10H2,1-3H3,(H,20,22)/b11-8+/t13-,18+/m1/s1. The molecule has 0 aliphatic heterocycles. The van der Waals surface area contributed by atoms with Crippen molar-refractivity contribution in [2.45, 2.75) is 71.4 Å². The Morgan fingerprint density at radius 2 is 1.95 bits per heavy atom. The van der Waals surface area contributed by atoms with Crippen molar-refractivity contribution in [2.75, 3.05) is 0 Å². The van der Waals surface area contributed by atoms with Crippen molar-refractivity contribution in [3.63, 3.8) is 0 Å². The first kappa shape index (κ1) is 15.4. The van der Waals surface area contributed by atoms with Gasteiger partial charge in [-0.3, -0.25) is 4.79 Å². The molecule has 1 heterocycles. The highest BCUT2D eigenvalue weighted by atomic mass is 16.1. The van der Waals surface area contributed by atoms with Crippen molar-refractivity contribution in [2.24, 2.45) is 5.92 Å². The third-order valence-corrected chi connectivity index (χ3v) is 5.29. The largest absolute Gasteiger partial charge is 0.350 e. The molecule has 2 saturated carbocycles. The summed E-state index contributed by atoms with van der Waals surface area (Å²) in [7, 11) is 0. The number of aryl methyl sites for hydroxylation is 1. The first-order valence-electron chi connectivity index (χ1n) is 8.73. The van der Waals surface area contributed by atoms with E-state index in [1.54, 1.807) is 6.08 Å². The number of rotatable bonds is 4. The monoisotopic (exact) mass is 300 g/mol. The number of nitrogens with zero attached hydrogens (tertiary/aromatic N) is 1. The zero-order valence-corrected chi connectivity index (χ0v) is 14.1. The van der Waals surface area contributed by atoms with Crippen LogP contribution in [0.2, 0.25) is 0 Å². The van der Waals surface area contributed by atoms with Gasteiger partial charge in [-0.1, -0.05) is 19.8 Å². The molecule has 0 spiro atoms. The van der Waals surface area contributed by atoms with Crippen LogP contribution in [0, 0.1) is 19.8 Å². The minimum atomic E-state index is 0.0509. The van der Waals surface area contributed by atoms with E-state index in [0.29, 0.717) is 18.0 Å². The highest BCUT2D eigenvalue weighted by Crippen LogP contribution is 2.38. The van der Waals surface area contributed by atoms with E-state index in [1.807, 2.05) is 6.08 Å². The zero-order valence-electron chi connectivity index (χ0n) is 14.1. The molecule has 2 fully saturated rings. The van der Waals surface area contributed by atoms with Gasteiger partial charge < -0.3 is 9.88 Å². The van der Waals surface area contributed by atoms with Crippen LogP contribution in [-0.2, 0) is 4.79 Å². The van der Waals surface area contributed by atoms with E-state index < -0.39 is 0 Å². The Bertz CT molecular complexity index is 581. The molecule has 120 valence electrons. The van der Waals surface area contributed by atoms with Gasteiger partial charge >= 0.3 is 0 Å². The summed E-state index contributed by atoms with van der Waals surface area (Å²) in [5.41, 5.74) is 3.77. The molecule has 0 bridgehead atoms. The Morgan fingerprint density at radius 3 is 2.64 bits per heavy atom. The van der Waals surface area contributed by atoms with Crippen molar-refractivity contribution < 1.29 is 4.79 Å². The van der Waals surface area contributed by atoms with E-state index >= 15 is 0 Å². The lowest BCUT2D eigenvalue weighted by Crippen LogP contribution is -2.40. The van der Waals surface area contributed by atoms with Gasteiger partial charge in [0.15, 0.2) is 0 Å². The molecule has 3 heteroatoms. The first-order valence-corrected chi connectivity index (χ1v) is 8.73. The smallest absolute Gasteiger partial charge is 0.244 e. The fraction of sp³-hybridized carbons (Fsp3) is 0.632. The number of amides is 1. The van der Waals surface area contributed by atoms with Crippen molar-refractivity contribution in [3.05, 3.63) is 29.1 Å². The average molecular weight is 300 g/mol. The van der Waals surface area contributed by atoms with Gasteiger partial charge in [-0.15, -0.1) is 0 Å². The van der Waals surface area contributed by atoms with Crippen LogP contribution in [0.4, 0.5) is 0 Å². The van der Waals surface area contributed by atoms with Crippen LogP contribution in [0.25, 0.3) is 6.08 Å². The van der Waals surface area contributed by atoms with Gasteiger partial charge in [0.25, 0.3) is 0 Å². The van der Waals surface area contributed by atoms with E-state index in [9.17, 15) is 4.79 Å². The molecule has 0 aromatic carbocycles. The number of carbonyl (C=O) groups excluding carboxylic acids is 1. The van der Waals surface area contributed by atoms with Crippen molar-refractivity contribution in [1.82, 2.24) is 9.88 Å². The molecule has 1 aromatic rings. The van der Waals surface area contributed by atoms with Crippen LogP contribution in [0.1, 0.15) is 68.4 Å². The predicted molar refractivity (Wildman–Crippen MR) is 90.8 cm³/mol. The molecule has 2 atom stereocenters. The Labute approximate surface area is 133 Å². The summed E-state index contributed by atoms with van der Waals surface area (Å²) in [4.78, 5) is 12.2. The summed E-state index contributed by atoms with van der Waals surface area (Å²) < 4.78 is 2.42. The minimum Gasteiger partial charge on any atom is -0.350 e. The topological polar surface area (TPSA) is 34.0 Å². The maximum atomic E-state index is 12.2. The average Bonchev–Trinajstić information content (AvgIpc) is 3.26. The summed E-state index contributed by atoms with van der Waals surface area (Å²) in [5.74, 6) is 0.654. The highest BCUT2D eigenvalue weighted by Gasteiger charge is 2.26. The lowest BCUT2D eigenvalue weighted by atomic mass is 9.86. The molecule has 1 amide bonds. The second-order valence-corrected chi connectivity index (χ2v) is 7.14. The summed E-state index contributed by atoms with van der Waals surface area (Å²) >= 11 is 0. The quantitative estimate of drug-likeness (QED) is 0.833. The lowest BCUT2D eigenvalue weighted by molar-refractivity contribution is -0.117. The van der Waals surface area contributed by atoms with Crippen LogP contribution < -0.4 is 5.32 Å². The van der Waals surface area contributed by atoms with Crippen LogP contribution in [-0.4, -0.2) is 16.5 Å². The van der Waals surface area contributed by atoms with E-state index in [0.717, 1.165) is 6.42 Å². The van der Waals surface area contributed by atoms with Crippen molar-refractivity contribution >= 4 is 12.0 Å². The minimum absolute atomic E-state index is 0.0509. The maximum absolute atomic E-state index is 12.2. The van der Waals surface area contributed by atoms with E-state index in [-0.39, 0.29) is 5.91 Å². The molecule has 0 unspecified atom stereocenters. The molecule has 2 aliphatic rings. The summed E-state index contributed by atoms with van der Waals surface area (Å²) in [6.07, 6.45) is 11.2. The lowest BCUT2D eigenvalue weighted by Gasteiger charge is -2.29. The molecular weight excluding hydrogens is 272 g/mol. The Balaban J connectivity index is 1.63.